The number of benzene rings is 5. The predicted molar refractivity (Wildman–Crippen MR) is 164 cm³/mol. The molecule has 2 unspecified atom stereocenters. The Hall–Kier alpha value is -5.62. The predicted octanol–water partition coefficient (Wildman–Crippen LogP) is 7.55. The minimum atomic E-state index is -0.384. The molecule has 2 aliphatic carbocycles. The fraction of sp³-hybridized carbons (Fsp3) is 0.0556. The van der Waals surface area contributed by atoms with Crippen LogP contribution >= 0.6 is 0 Å². The van der Waals surface area contributed by atoms with Gasteiger partial charge in [-0.1, -0.05) is 72.8 Å². The van der Waals surface area contributed by atoms with Crippen LogP contribution in [-0.4, -0.2) is 30.9 Å². The second-order valence-corrected chi connectivity index (χ2v) is 11.6. The third-order valence-corrected chi connectivity index (χ3v) is 9.72. The largest absolute Gasteiger partial charge is 0.273 e. The highest BCUT2D eigenvalue weighted by Crippen LogP contribution is 2.53. The van der Waals surface area contributed by atoms with E-state index in [-0.39, 0.29) is 23.7 Å². The van der Waals surface area contributed by atoms with Crippen molar-refractivity contribution >= 4 is 67.6 Å². The van der Waals surface area contributed by atoms with E-state index in [1.165, 1.54) is 0 Å². The molecule has 0 bridgehead atoms. The van der Waals surface area contributed by atoms with Gasteiger partial charge in [0.25, 0.3) is 0 Å². The van der Waals surface area contributed by atoms with Crippen molar-refractivity contribution in [1.29, 1.82) is 0 Å². The van der Waals surface area contributed by atoms with Crippen molar-refractivity contribution in [3.8, 4) is 22.8 Å². The number of imidazole rings is 2. The van der Waals surface area contributed by atoms with Crippen molar-refractivity contribution in [2.45, 2.75) is 11.8 Å². The highest BCUT2D eigenvalue weighted by Gasteiger charge is 2.40. The molecule has 0 radical (unpaired) electrons. The summed E-state index contributed by atoms with van der Waals surface area (Å²) < 4.78 is 3.57. The van der Waals surface area contributed by atoms with E-state index in [4.69, 9.17) is 9.97 Å². The maximum Gasteiger partial charge on any atom is 0.244 e. The van der Waals surface area contributed by atoms with Gasteiger partial charge >= 0.3 is 0 Å². The van der Waals surface area contributed by atoms with Crippen molar-refractivity contribution < 1.29 is 9.59 Å². The van der Waals surface area contributed by atoms with Crippen LogP contribution in [0.2, 0.25) is 0 Å². The van der Waals surface area contributed by atoms with E-state index in [0.29, 0.717) is 11.6 Å². The number of hydrogen-bond donors (Lipinski definition) is 0. The van der Waals surface area contributed by atoms with E-state index >= 15 is 0 Å². The minimum absolute atomic E-state index is 0.0277. The highest BCUT2D eigenvalue weighted by molar-refractivity contribution is 6.23. The maximum absolute atomic E-state index is 14.0. The van der Waals surface area contributed by atoms with E-state index in [1.54, 1.807) is 9.13 Å². The van der Waals surface area contributed by atoms with E-state index in [2.05, 4.69) is 36.4 Å². The summed E-state index contributed by atoms with van der Waals surface area (Å²) in [7, 11) is 0. The Morgan fingerprint density at radius 3 is 1.48 bits per heavy atom. The number of rotatable bonds is 0. The van der Waals surface area contributed by atoms with Gasteiger partial charge < -0.3 is 0 Å². The van der Waals surface area contributed by atoms with Crippen LogP contribution in [0.1, 0.15) is 43.7 Å². The lowest BCUT2D eigenvalue weighted by atomic mass is 9.73. The van der Waals surface area contributed by atoms with Crippen molar-refractivity contribution in [2.24, 2.45) is 0 Å². The lowest BCUT2D eigenvalue weighted by Crippen LogP contribution is -2.27. The fourth-order valence-electron chi connectivity index (χ4n) is 8.05. The van der Waals surface area contributed by atoms with Crippen molar-refractivity contribution in [3.63, 3.8) is 0 Å². The van der Waals surface area contributed by atoms with Crippen LogP contribution in [-0.2, 0) is 0 Å². The molecule has 2 aromatic heterocycles. The van der Waals surface area contributed by atoms with Gasteiger partial charge in [0.05, 0.1) is 33.9 Å². The van der Waals surface area contributed by atoms with Gasteiger partial charge in [-0.2, -0.15) is 0 Å². The van der Waals surface area contributed by atoms with Crippen LogP contribution in [0.3, 0.4) is 0 Å². The van der Waals surface area contributed by atoms with E-state index in [1.807, 2.05) is 60.7 Å². The number of para-hydroxylation sites is 4. The Balaban J connectivity index is 1.28. The standard InChI is InChI=1S/C36H18N4O2/c41-35-23-15-11-19-20-12-16-24-32-22(34-38-26-6-2-4-8-28(26)40(34)36(24)42)14-10-18(30(20)32)17-9-13-21(31(23)29(17)19)33-37-25-5-1-3-7-27(25)39(33)35/h1-16,23-24H. The third kappa shape index (κ3) is 2.19. The van der Waals surface area contributed by atoms with Crippen molar-refractivity contribution in [2.75, 3.05) is 0 Å². The van der Waals surface area contributed by atoms with E-state index < -0.39 is 0 Å². The maximum atomic E-state index is 14.0. The molecule has 6 nitrogen and oxygen atoms in total. The third-order valence-electron chi connectivity index (χ3n) is 9.72. The molecule has 0 saturated carbocycles. The zero-order chi connectivity index (χ0) is 27.4. The lowest BCUT2D eigenvalue weighted by molar-refractivity contribution is 0.0891. The van der Waals surface area contributed by atoms with Gasteiger partial charge in [-0.15, -0.1) is 0 Å². The molecule has 6 heteroatoms. The van der Waals surface area contributed by atoms with Gasteiger partial charge in [0.1, 0.15) is 11.6 Å². The number of nitrogens with zero attached hydrogens (tertiary/aromatic N) is 4. The highest BCUT2D eigenvalue weighted by atomic mass is 16.2. The number of carbonyl (C=O) groups excluding carboxylic acids is 2. The fourth-order valence-corrected chi connectivity index (χ4v) is 8.05. The van der Waals surface area contributed by atoms with Gasteiger partial charge in [-0.05, 0) is 68.1 Å². The Kier molecular flexibility index (Phi) is 3.43. The zero-order valence-electron chi connectivity index (χ0n) is 22.0. The summed E-state index contributed by atoms with van der Waals surface area (Å²) in [4.78, 5) is 37.9. The number of hydrogen-bond acceptors (Lipinski definition) is 4. The average molecular weight is 539 g/mol. The van der Waals surface area contributed by atoms with Gasteiger partial charge in [-0.25, -0.2) is 9.97 Å². The lowest BCUT2D eigenvalue weighted by Gasteiger charge is -2.33. The monoisotopic (exact) mass is 538 g/mol. The van der Waals surface area contributed by atoms with Crippen LogP contribution in [0, 0.1) is 0 Å². The van der Waals surface area contributed by atoms with Crippen LogP contribution in [0.4, 0.5) is 0 Å². The van der Waals surface area contributed by atoms with Crippen LogP contribution in [0.25, 0.3) is 78.5 Å². The normalized spacial score (nSPS) is 18.9. The minimum Gasteiger partial charge on any atom is -0.273 e. The van der Waals surface area contributed by atoms with E-state index in [9.17, 15) is 9.59 Å². The van der Waals surface area contributed by atoms with Crippen LogP contribution in [0.15, 0.2) is 84.9 Å². The molecule has 42 heavy (non-hydrogen) atoms. The van der Waals surface area contributed by atoms with E-state index in [0.717, 1.165) is 77.0 Å². The Labute approximate surface area is 237 Å². The summed E-state index contributed by atoms with van der Waals surface area (Å²) in [5.74, 6) is 0.695. The van der Waals surface area contributed by atoms with Gasteiger partial charge in [0.15, 0.2) is 0 Å². The molecule has 194 valence electrons. The second kappa shape index (κ2) is 6.81. The summed E-state index contributed by atoms with van der Waals surface area (Å²) in [6.07, 6.45) is 8.32. The Morgan fingerprint density at radius 1 is 0.548 bits per heavy atom. The molecule has 0 amide bonds. The molecule has 5 aromatic carbocycles. The first kappa shape index (κ1) is 21.2. The SMILES string of the molecule is O=C1C2C=Cc3c4c5c6c(ccc5c5ccc(c2c35)-c2nc3ccccc3n21)-c1nc2ccccc2n1C(=O)C6C=C4. The quantitative estimate of drug-likeness (QED) is 0.187. The molecule has 0 spiro atoms. The van der Waals surface area contributed by atoms with Gasteiger partial charge in [0, 0.05) is 11.1 Å². The first-order valence-electron chi connectivity index (χ1n) is 14.2. The molecule has 4 heterocycles. The molecule has 7 aromatic rings. The Morgan fingerprint density at radius 2 is 1.00 bits per heavy atom. The molecule has 0 saturated heterocycles. The van der Waals surface area contributed by atoms with Gasteiger partial charge in [-0.3, -0.25) is 18.7 Å². The van der Waals surface area contributed by atoms with Crippen LogP contribution < -0.4 is 0 Å². The first-order chi connectivity index (χ1) is 20.7. The number of carbonyl (C=O) groups is 2. The zero-order valence-corrected chi connectivity index (χ0v) is 22.0. The molecular weight excluding hydrogens is 520 g/mol. The molecular formula is C36H18N4O2. The summed E-state index contributed by atoms with van der Waals surface area (Å²) >= 11 is 0. The topological polar surface area (TPSA) is 69.8 Å². The first-order valence-corrected chi connectivity index (χ1v) is 14.2. The second-order valence-electron chi connectivity index (χ2n) is 11.6. The van der Waals surface area contributed by atoms with Crippen molar-refractivity contribution in [1.82, 2.24) is 19.1 Å². The number of fused-ring (bicyclic) bond motifs is 10. The molecule has 11 rings (SSSR count). The molecule has 0 fully saturated rings. The smallest absolute Gasteiger partial charge is 0.244 e. The Bertz CT molecular complexity index is 2400. The summed E-state index contributed by atoms with van der Waals surface area (Å²) in [6.45, 7) is 0. The van der Waals surface area contributed by atoms with Gasteiger partial charge in [0.2, 0.25) is 11.8 Å². The summed E-state index contributed by atoms with van der Waals surface area (Å²) in [5.41, 5.74) is 9.57. The molecule has 0 N–H and O–H groups in total. The number of allylic oxidation sites excluding steroid dienone is 2. The van der Waals surface area contributed by atoms with Crippen LogP contribution in [0.5, 0.6) is 0 Å². The number of aromatic nitrogens is 4. The summed E-state index contributed by atoms with van der Waals surface area (Å²) in [5, 5.41) is 4.40. The summed E-state index contributed by atoms with van der Waals surface area (Å²) in [6, 6.07) is 24.3. The molecule has 2 aliphatic heterocycles. The average Bonchev–Trinajstić information content (AvgIpc) is 3.61. The van der Waals surface area contributed by atoms with Crippen molar-refractivity contribution in [3.05, 3.63) is 107 Å². The molecule has 4 aliphatic rings. The molecule has 2 atom stereocenters.